The first-order valence-electron chi connectivity index (χ1n) is 6.45. The number of alkyl halides is 2. The predicted molar refractivity (Wildman–Crippen MR) is 68.1 cm³/mol. The Morgan fingerprint density at radius 3 is 2.68 bits per heavy atom. The summed E-state index contributed by atoms with van der Waals surface area (Å²) in [5.74, 6) is -4.54. The van der Waals surface area contributed by atoms with Gasteiger partial charge in [-0.1, -0.05) is 19.9 Å². The Morgan fingerprint density at radius 2 is 2.21 bits per heavy atom. The van der Waals surface area contributed by atoms with Gasteiger partial charge in [0.05, 0.1) is 17.8 Å². The maximum Gasteiger partial charge on any atom is 0.251 e. The topological polar surface area (TPSA) is 57.5 Å². The third-order valence-corrected chi connectivity index (χ3v) is 3.34. The van der Waals surface area contributed by atoms with E-state index in [9.17, 15) is 23.8 Å². The molecule has 3 nitrogen and oxygen atoms in total. The molecule has 0 amide bonds. The van der Waals surface area contributed by atoms with Gasteiger partial charge in [0.15, 0.2) is 5.78 Å². The summed E-state index contributed by atoms with van der Waals surface area (Å²) >= 11 is 0. The second kappa shape index (κ2) is 6.28. The van der Waals surface area contributed by atoms with Gasteiger partial charge < -0.3 is 10.2 Å². The molecule has 0 spiro atoms. The normalized spacial score (nSPS) is 25.2. The second-order valence-electron chi connectivity index (χ2n) is 4.99. The second-order valence-corrected chi connectivity index (χ2v) is 4.99. The van der Waals surface area contributed by atoms with Crippen LogP contribution >= 0.6 is 0 Å². The third-order valence-electron chi connectivity index (χ3n) is 3.34. The van der Waals surface area contributed by atoms with Crippen molar-refractivity contribution in [3.63, 3.8) is 0 Å². The van der Waals surface area contributed by atoms with E-state index in [1.54, 1.807) is 0 Å². The molecule has 0 radical (unpaired) electrons. The summed E-state index contributed by atoms with van der Waals surface area (Å²) < 4.78 is 26.8. The van der Waals surface area contributed by atoms with Crippen LogP contribution in [-0.4, -0.2) is 28.0 Å². The highest BCUT2D eigenvalue weighted by molar-refractivity contribution is 5.98. The molecule has 0 aromatic carbocycles. The minimum atomic E-state index is -2.88. The summed E-state index contributed by atoms with van der Waals surface area (Å²) in [6, 6.07) is 0. The summed E-state index contributed by atoms with van der Waals surface area (Å²) in [5, 5.41) is 19.4. The molecular formula is C14H20F2O3. The summed E-state index contributed by atoms with van der Waals surface area (Å²) in [7, 11) is 0. The number of carbonyl (C=O) groups is 1. The van der Waals surface area contributed by atoms with Crippen LogP contribution in [0.15, 0.2) is 24.0 Å². The molecule has 1 aliphatic rings. The highest BCUT2D eigenvalue weighted by Crippen LogP contribution is 2.34. The molecule has 2 N–H and O–H groups in total. The average molecular weight is 274 g/mol. The molecule has 1 rings (SSSR count). The number of aliphatic hydroxyl groups excluding tert-OH is 2. The van der Waals surface area contributed by atoms with Gasteiger partial charge in [0, 0.05) is 24.8 Å². The van der Waals surface area contributed by atoms with Gasteiger partial charge in [-0.15, -0.1) is 0 Å². The van der Waals surface area contributed by atoms with Crippen LogP contribution in [0.3, 0.4) is 0 Å². The molecule has 2 atom stereocenters. The van der Waals surface area contributed by atoms with E-state index < -0.39 is 24.4 Å². The molecule has 5 heteroatoms. The number of Topliss-reactive ketones (excluding diaryl/α,β-unsaturated/α-hetero) is 1. The summed E-state index contributed by atoms with van der Waals surface area (Å²) in [6.07, 6.45) is 0.0715. The van der Waals surface area contributed by atoms with Gasteiger partial charge in [0.25, 0.3) is 5.92 Å². The zero-order chi connectivity index (χ0) is 14.6. The Balaban J connectivity index is 2.67. The number of allylic oxidation sites excluding steroid dienone is 1. The lowest BCUT2D eigenvalue weighted by Crippen LogP contribution is -2.19. The Morgan fingerprint density at radius 1 is 1.58 bits per heavy atom. The lowest BCUT2D eigenvalue weighted by molar-refractivity contribution is -0.115. The average Bonchev–Trinajstić information content (AvgIpc) is 2.58. The van der Waals surface area contributed by atoms with Crippen molar-refractivity contribution in [3.8, 4) is 0 Å². The van der Waals surface area contributed by atoms with Gasteiger partial charge in [-0.2, -0.15) is 0 Å². The first-order chi connectivity index (χ1) is 8.78. The third kappa shape index (κ3) is 4.13. The fourth-order valence-corrected chi connectivity index (χ4v) is 2.14. The molecule has 0 aromatic heterocycles. The number of aliphatic hydroxyl groups is 2. The number of hydrogen-bond acceptors (Lipinski definition) is 3. The van der Waals surface area contributed by atoms with E-state index in [1.807, 2.05) is 6.92 Å². The molecule has 0 unspecified atom stereocenters. The van der Waals surface area contributed by atoms with Gasteiger partial charge in [-0.25, -0.2) is 8.78 Å². The number of carbonyl (C=O) groups excluding carboxylic acids is 1. The van der Waals surface area contributed by atoms with E-state index in [4.69, 9.17) is 0 Å². The lowest BCUT2D eigenvalue weighted by atomic mass is 9.97. The van der Waals surface area contributed by atoms with Crippen molar-refractivity contribution in [3.05, 3.63) is 24.0 Å². The molecule has 1 fully saturated rings. The Kier molecular flexibility index (Phi) is 5.23. The molecule has 0 saturated heterocycles. The fraction of sp³-hybridized carbons (Fsp3) is 0.643. The number of halogens is 2. The maximum atomic E-state index is 13.4. The Bertz CT molecular complexity index is 388. The van der Waals surface area contributed by atoms with Crippen LogP contribution in [0.25, 0.3) is 0 Å². The van der Waals surface area contributed by atoms with Crippen LogP contribution in [0, 0.1) is 5.92 Å². The SMILES string of the molecule is C=C1C(=O)C[C@@H](O)[C@@H]1C(O)=CCC(F)(F)CCCC. The van der Waals surface area contributed by atoms with Gasteiger partial charge in [0.1, 0.15) is 0 Å². The molecule has 0 heterocycles. The van der Waals surface area contributed by atoms with Gasteiger partial charge in [0.2, 0.25) is 0 Å². The maximum absolute atomic E-state index is 13.4. The molecule has 19 heavy (non-hydrogen) atoms. The number of rotatable bonds is 6. The fourth-order valence-electron chi connectivity index (χ4n) is 2.14. The zero-order valence-electron chi connectivity index (χ0n) is 11.0. The highest BCUT2D eigenvalue weighted by Gasteiger charge is 2.38. The number of unbranched alkanes of at least 4 members (excludes halogenated alkanes) is 1. The molecule has 0 aliphatic heterocycles. The number of ketones is 1. The van der Waals surface area contributed by atoms with Gasteiger partial charge >= 0.3 is 0 Å². The highest BCUT2D eigenvalue weighted by atomic mass is 19.3. The van der Waals surface area contributed by atoms with E-state index >= 15 is 0 Å². The van der Waals surface area contributed by atoms with Crippen LogP contribution in [0.4, 0.5) is 8.78 Å². The summed E-state index contributed by atoms with van der Waals surface area (Å²) in [5.41, 5.74) is 0.0816. The van der Waals surface area contributed by atoms with Gasteiger partial charge in [-0.05, 0) is 12.5 Å². The van der Waals surface area contributed by atoms with Crippen molar-refractivity contribution in [1.82, 2.24) is 0 Å². The number of hydrogen-bond donors (Lipinski definition) is 2. The van der Waals surface area contributed by atoms with Crippen molar-refractivity contribution in [2.24, 2.45) is 5.92 Å². The monoisotopic (exact) mass is 274 g/mol. The van der Waals surface area contributed by atoms with Crippen LogP contribution in [0.5, 0.6) is 0 Å². The van der Waals surface area contributed by atoms with Crippen molar-refractivity contribution in [1.29, 1.82) is 0 Å². The summed E-state index contributed by atoms with van der Waals surface area (Å²) in [4.78, 5) is 11.3. The standard InChI is InChI=1S/C14H20F2O3/c1-3-4-6-14(15,16)7-5-10(17)13-9(2)11(18)8-12(13)19/h5,12-13,17,19H,2-4,6-8H2,1H3/t12-,13+/m1/s1. The van der Waals surface area contributed by atoms with Crippen molar-refractivity contribution in [2.45, 2.75) is 51.1 Å². The van der Waals surface area contributed by atoms with Crippen LogP contribution in [0.2, 0.25) is 0 Å². The van der Waals surface area contributed by atoms with E-state index in [2.05, 4.69) is 6.58 Å². The van der Waals surface area contributed by atoms with Crippen molar-refractivity contribution in [2.75, 3.05) is 0 Å². The molecule has 0 aromatic rings. The molecule has 1 aliphatic carbocycles. The quantitative estimate of drug-likeness (QED) is 0.578. The largest absolute Gasteiger partial charge is 0.512 e. The van der Waals surface area contributed by atoms with Crippen LogP contribution < -0.4 is 0 Å². The molecule has 0 bridgehead atoms. The molecular weight excluding hydrogens is 254 g/mol. The minimum Gasteiger partial charge on any atom is -0.512 e. The van der Waals surface area contributed by atoms with Crippen LogP contribution in [0.1, 0.15) is 39.0 Å². The van der Waals surface area contributed by atoms with Crippen LogP contribution in [-0.2, 0) is 4.79 Å². The van der Waals surface area contributed by atoms with Crippen molar-refractivity contribution < 1.29 is 23.8 Å². The molecule has 108 valence electrons. The van der Waals surface area contributed by atoms with E-state index in [0.717, 1.165) is 6.08 Å². The Hall–Kier alpha value is -1.23. The smallest absolute Gasteiger partial charge is 0.251 e. The van der Waals surface area contributed by atoms with Crippen molar-refractivity contribution >= 4 is 5.78 Å². The predicted octanol–water partition coefficient (Wildman–Crippen LogP) is 3.15. The summed E-state index contributed by atoms with van der Waals surface area (Å²) in [6.45, 7) is 5.31. The lowest BCUT2D eigenvalue weighted by Gasteiger charge is -2.17. The van der Waals surface area contributed by atoms with E-state index in [0.29, 0.717) is 12.8 Å². The van der Waals surface area contributed by atoms with Gasteiger partial charge in [-0.3, -0.25) is 4.79 Å². The first kappa shape index (κ1) is 15.8. The first-order valence-corrected chi connectivity index (χ1v) is 6.45. The zero-order valence-corrected chi connectivity index (χ0v) is 11.0. The molecule has 1 saturated carbocycles. The van der Waals surface area contributed by atoms with E-state index in [1.165, 1.54) is 0 Å². The van der Waals surface area contributed by atoms with E-state index in [-0.39, 0.29) is 30.0 Å². The Labute approximate surface area is 111 Å². The minimum absolute atomic E-state index is 0.0816.